The van der Waals surface area contributed by atoms with E-state index in [0.717, 1.165) is 20.9 Å². The van der Waals surface area contributed by atoms with Crippen molar-refractivity contribution in [2.75, 3.05) is 11.9 Å². The summed E-state index contributed by atoms with van der Waals surface area (Å²) in [6.07, 6.45) is 0. The zero-order valence-electron chi connectivity index (χ0n) is 12.7. The van der Waals surface area contributed by atoms with Crippen LogP contribution >= 0.6 is 11.3 Å². The van der Waals surface area contributed by atoms with Crippen molar-refractivity contribution in [2.24, 2.45) is 0 Å². The van der Waals surface area contributed by atoms with Crippen LogP contribution in [0.3, 0.4) is 0 Å². The standard InChI is InChI=1S/C17H15FN2OS.BrH/c1-10-3-8-15-16(11(10)2)20-17(22-15)19-9-14(21)12-4-6-13(18)7-5-12;/h3-8H,9H2,1-2H3,(H,19,20);1H/p-1. The number of ketones is 1. The number of Topliss-reactive ketones (excluding diaryl/α,β-unsaturated/α-hetero) is 1. The van der Waals surface area contributed by atoms with Gasteiger partial charge in [-0.25, -0.2) is 9.37 Å². The summed E-state index contributed by atoms with van der Waals surface area (Å²) in [5.41, 5.74) is 3.82. The molecule has 0 aliphatic heterocycles. The number of carbonyl (C=O) groups is 1. The molecule has 3 aromatic rings. The Balaban J connectivity index is 0.00000192. The summed E-state index contributed by atoms with van der Waals surface area (Å²) >= 11 is 1.53. The molecule has 0 saturated carbocycles. The van der Waals surface area contributed by atoms with Crippen LogP contribution in [-0.4, -0.2) is 17.3 Å². The molecule has 0 saturated heterocycles. The van der Waals surface area contributed by atoms with E-state index in [-0.39, 0.29) is 35.1 Å². The molecule has 0 atom stereocenters. The first-order valence-corrected chi connectivity index (χ1v) is 7.75. The molecule has 3 rings (SSSR count). The van der Waals surface area contributed by atoms with Gasteiger partial charge in [-0.1, -0.05) is 17.4 Å². The number of hydrogen-bond acceptors (Lipinski definition) is 4. The molecule has 23 heavy (non-hydrogen) atoms. The van der Waals surface area contributed by atoms with Gasteiger partial charge in [0.05, 0.1) is 16.8 Å². The quantitative estimate of drug-likeness (QED) is 0.680. The Kier molecular flexibility index (Phi) is 5.49. The van der Waals surface area contributed by atoms with E-state index >= 15 is 0 Å². The molecule has 1 heterocycles. The highest BCUT2D eigenvalue weighted by Gasteiger charge is 2.10. The second-order valence-corrected chi connectivity index (χ2v) is 6.19. The maximum atomic E-state index is 12.9. The fraction of sp³-hybridized carbons (Fsp3) is 0.176. The van der Waals surface area contributed by atoms with Crippen molar-refractivity contribution in [1.82, 2.24) is 4.98 Å². The lowest BCUT2D eigenvalue weighted by molar-refractivity contribution is -0.0000128. The Hall–Kier alpha value is -1.79. The third kappa shape index (κ3) is 3.76. The molecular weight excluding hydrogens is 379 g/mol. The van der Waals surface area contributed by atoms with Gasteiger partial charge < -0.3 is 22.3 Å². The fourth-order valence-corrected chi connectivity index (χ4v) is 3.12. The molecule has 1 aromatic heterocycles. The van der Waals surface area contributed by atoms with Crippen LogP contribution in [0.25, 0.3) is 10.2 Å². The lowest BCUT2D eigenvalue weighted by atomic mass is 10.1. The number of nitrogens with zero attached hydrogens (tertiary/aromatic N) is 1. The largest absolute Gasteiger partial charge is 1.00 e. The summed E-state index contributed by atoms with van der Waals surface area (Å²) in [5.74, 6) is -0.436. The lowest BCUT2D eigenvalue weighted by Gasteiger charge is -2.02. The van der Waals surface area contributed by atoms with Gasteiger partial charge >= 0.3 is 0 Å². The zero-order valence-corrected chi connectivity index (χ0v) is 15.1. The van der Waals surface area contributed by atoms with Crippen LogP contribution in [0.4, 0.5) is 9.52 Å². The third-order valence-electron chi connectivity index (χ3n) is 3.65. The molecule has 0 radical (unpaired) electrons. The van der Waals surface area contributed by atoms with Crippen molar-refractivity contribution in [3.05, 3.63) is 58.9 Å². The summed E-state index contributed by atoms with van der Waals surface area (Å²) < 4.78 is 14.0. The van der Waals surface area contributed by atoms with Gasteiger partial charge in [0.15, 0.2) is 10.9 Å². The van der Waals surface area contributed by atoms with Crippen LogP contribution in [0, 0.1) is 19.7 Å². The number of aromatic nitrogens is 1. The molecule has 0 amide bonds. The van der Waals surface area contributed by atoms with E-state index in [1.54, 1.807) is 0 Å². The molecule has 3 nitrogen and oxygen atoms in total. The minimum atomic E-state index is -0.346. The Labute approximate surface area is 148 Å². The SMILES string of the molecule is Cc1ccc2sc(NCC(=O)c3ccc(F)cc3)nc2c1C.[Br-]. The van der Waals surface area contributed by atoms with Gasteiger partial charge in [0.2, 0.25) is 0 Å². The molecule has 0 fully saturated rings. The van der Waals surface area contributed by atoms with Crippen LogP contribution in [-0.2, 0) is 0 Å². The Morgan fingerprint density at radius 3 is 2.57 bits per heavy atom. The van der Waals surface area contributed by atoms with E-state index in [2.05, 4.69) is 23.3 Å². The summed E-state index contributed by atoms with van der Waals surface area (Å²) in [4.78, 5) is 16.6. The van der Waals surface area contributed by atoms with Gasteiger partial charge in [0.25, 0.3) is 0 Å². The second-order valence-electron chi connectivity index (χ2n) is 5.16. The number of carbonyl (C=O) groups excluding carboxylic acids is 1. The van der Waals surface area contributed by atoms with Gasteiger partial charge in [-0.2, -0.15) is 0 Å². The van der Waals surface area contributed by atoms with E-state index in [1.807, 2.05) is 13.0 Å². The molecule has 2 aromatic carbocycles. The van der Waals surface area contributed by atoms with Crippen molar-refractivity contribution in [3.8, 4) is 0 Å². The minimum Gasteiger partial charge on any atom is -1.00 e. The van der Waals surface area contributed by atoms with Gasteiger partial charge in [-0.3, -0.25) is 4.79 Å². The third-order valence-corrected chi connectivity index (χ3v) is 4.63. The predicted molar refractivity (Wildman–Crippen MR) is 88.3 cm³/mol. The van der Waals surface area contributed by atoms with Gasteiger partial charge in [0.1, 0.15) is 5.82 Å². The Morgan fingerprint density at radius 2 is 1.87 bits per heavy atom. The van der Waals surface area contributed by atoms with Crippen molar-refractivity contribution in [2.45, 2.75) is 13.8 Å². The number of fused-ring (bicyclic) bond motifs is 1. The van der Waals surface area contributed by atoms with E-state index in [9.17, 15) is 9.18 Å². The Morgan fingerprint density at radius 1 is 1.17 bits per heavy atom. The zero-order chi connectivity index (χ0) is 15.7. The van der Waals surface area contributed by atoms with Crippen LogP contribution < -0.4 is 22.3 Å². The van der Waals surface area contributed by atoms with E-state index < -0.39 is 0 Å². The predicted octanol–water partition coefficient (Wildman–Crippen LogP) is 1.35. The van der Waals surface area contributed by atoms with Crippen molar-refractivity contribution in [1.29, 1.82) is 0 Å². The second kappa shape index (κ2) is 7.19. The molecule has 1 N–H and O–H groups in total. The number of benzene rings is 2. The molecule has 0 spiro atoms. The van der Waals surface area contributed by atoms with Crippen LogP contribution in [0.1, 0.15) is 21.5 Å². The number of aryl methyl sites for hydroxylation is 2. The number of nitrogens with one attached hydrogen (secondary N) is 1. The van der Waals surface area contributed by atoms with E-state index in [0.29, 0.717) is 5.56 Å². The maximum Gasteiger partial charge on any atom is 0.184 e. The average Bonchev–Trinajstić information content (AvgIpc) is 2.93. The molecule has 0 aliphatic carbocycles. The highest BCUT2D eigenvalue weighted by molar-refractivity contribution is 7.22. The first kappa shape index (κ1) is 17.6. The lowest BCUT2D eigenvalue weighted by Crippen LogP contribution is -3.00. The highest BCUT2D eigenvalue weighted by atomic mass is 79.9. The van der Waals surface area contributed by atoms with Crippen molar-refractivity contribution < 1.29 is 26.2 Å². The number of hydrogen-bond donors (Lipinski definition) is 1. The number of rotatable bonds is 4. The Bertz CT molecular complexity index is 846. The summed E-state index contributed by atoms with van der Waals surface area (Å²) in [6, 6.07) is 9.68. The molecule has 120 valence electrons. The normalized spacial score (nSPS) is 10.4. The first-order valence-electron chi connectivity index (χ1n) is 6.94. The van der Waals surface area contributed by atoms with Crippen molar-refractivity contribution in [3.63, 3.8) is 0 Å². The molecule has 0 unspecified atom stereocenters. The summed E-state index contributed by atoms with van der Waals surface area (Å²) in [6.45, 7) is 4.24. The molecule has 6 heteroatoms. The highest BCUT2D eigenvalue weighted by Crippen LogP contribution is 2.29. The van der Waals surface area contributed by atoms with Crippen molar-refractivity contribution >= 4 is 32.5 Å². The number of thiazole rings is 1. The van der Waals surface area contributed by atoms with Gasteiger partial charge in [0, 0.05) is 5.56 Å². The van der Waals surface area contributed by atoms with E-state index in [4.69, 9.17) is 0 Å². The molecular formula is C17H15BrFN2OS-. The topological polar surface area (TPSA) is 42.0 Å². The monoisotopic (exact) mass is 393 g/mol. The number of anilines is 1. The van der Waals surface area contributed by atoms with Crippen LogP contribution in [0.2, 0.25) is 0 Å². The summed E-state index contributed by atoms with van der Waals surface area (Å²) in [5, 5.41) is 3.78. The minimum absolute atomic E-state index is 0. The van der Waals surface area contributed by atoms with Gasteiger partial charge in [-0.15, -0.1) is 0 Å². The molecule has 0 bridgehead atoms. The first-order chi connectivity index (χ1) is 10.5. The fourth-order valence-electron chi connectivity index (χ4n) is 2.20. The van der Waals surface area contributed by atoms with Crippen LogP contribution in [0.15, 0.2) is 36.4 Å². The number of halogens is 2. The van der Waals surface area contributed by atoms with Crippen LogP contribution in [0.5, 0.6) is 0 Å². The maximum absolute atomic E-state index is 12.9. The van der Waals surface area contributed by atoms with Gasteiger partial charge in [-0.05, 0) is 55.3 Å². The summed E-state index contributed by atoms with van der Waals surface area (Å²) in [7, 11) is 0. The smallest absolute Gasteiger partial charge is 0.184 e. The molecule has 0 aliphatic rings. The van der Waals surface area contributed by atoms with E-state index in [1.165, 1.54) is 41.2 Å². The average molecular weight is 394 g/mol.